The molecule has 0 saturated carbocycles. The van der Waals surface area contributed by atoms with Crippen LogP contribution < -0.4 is 0 Å². The van der Waals surface area contributed by atoms with Crippen LogP contribution in [0.3, 0.4) is 0 Å². The van der Waals surface area contributed by atoms with E-state index in [1.807, 2.05) is 44.3 Å². The van der Waals surface area contributed by atoms with E-state index in [1.54, 1.807) is 0 Å². The van der Waals surface area contributed by atoms with E-state index in [-0.39, 0.29) is 6.10 Å². The third-order valence-electron chi connectivity index (χ3n) is 4.64. The van der Waals surface area contributed by atoms with Crippen molar-refractivity contribution in [1.82, 2.24) is 25.1 Å². The lowest BCUT2D eigenvalue weighted by Crippen LogP contribution is -2.38. The first kappa shape index (κ1) is 16.9. The summed E-state index contributed by atoms with van der Waals surface area (Å²) in [7, 11) is 0. The summed E-state index contributed by atoms with van der Waals surface area (Å²) in [4.78, 5) is 11.3. The molecule has 6 heteroatoms. The van der Waals surface area contributed by atoms with E-state index in [4.69, 9.17) is 4.74 Å². The Balaban J connectivity index is 1.50. The van der Waals surface area contributed by atoms with Crippen LogP contribution in [0.15, 0.2) is 42.6 Å². The van der Waals surface area contributed by atoms with Crippen molar-refractivity contribution < 1.29 is 4.74 Å². The van der Waals surface area contributed by atoms with Crippen molar-refractivity contribution >= 4 is 0 Å². The molecule has 26 heavy (non-hydrogen) atoms. The predicted octanol–water partition coefficient (Wildman–Crippen LogP) is 3.06. The number of rotatable bonds is 4. The van der Waals surface area contributed by atoms with Gasteiger partial charge in [-0.3, -0.25) is 10.00 Å². The molecule has 3 heterocycles. The number of nitrogens with one attached hydrogen (secondary N) is 1. The first-order valence-corrected chi connectivity index (χ1v) is 8.93. The maximum Gasteiger partial charge on any atom is 0.125 e. The van der Waals surface area contributed by atoms with Crippen LogP contribution in [-0.2, 0) is 11.3 Å². The lowest BCUT2D eigenvalue weighted by atomic mass is 10.1. The molecular formula is C20H23N5O. The second-order valence-corrected chi connectivity index (χ2v) is 6.71. The van der Waals surface area contributed by atoms with Crippen LogP contribution in [-0.4, -0.2) is 44.8 Å². The largest absolute Gasteiger partial charge is 0.369 e. The van der Waals surface area contributed by atoms with E-state index in [0.717, 1.165) is 48.1 Å². The molecule has 1 fully saturated rings. The molecule has 0 radical (unpaired) electrons. The molecule has 3 aromatic rings. The van der Waals surface area contributed by atoms with Gasteiger partial charge in [-0.2, -0.15) is 5.10 Å². The van der Waals surface area contributed by atoms with Crippen LogP contribution in [0, 0.1) is 13.8 Å². The van der Waals surface area contributed by atoms with Crippen LogP contribution in [0.4, 0.5) is 0 Å². The molecule has 4 rings (SSSR count). The van der Waals surface area contributed by atoms with Gasteiger partial charge in [0.25, 0.3) is 0 Å². The molecule has 1 aliphatic rings. The molecule has 1 atom stereocenters. The number of hydrogen-bond acceptors (Lipinski definition) is 5. The minimum absolute atomic E-state index is 0.0174. The number of ether oxygens (including phenoxy) is 1. The highest BCUT2D eigenvalue weighted by Gasteiger charge is 2.24. The Labute approximate surface area is 153 Å². The van der Waals surface area contributed by atoms with Crippen molar-refractivity contribution in [2.45, 2.75) is 26.5 Å². The predicted molar refractivity (Wildman–Crippen MR) is 99.5 cm³/mol. The Morgan fingerprint density at radius 2 is 2.04 bits per heavy atom. The number of benzene rings is 1. The summed E-state index contributed by atoms with van der Waals surface area (Å²) in [5.41, 5.74) is 5.39. The zero-order chi connectivity index (χ0) is 17.9. The minimum Gasteiger partial charge on any atom is -0.369 e. The van der Waals surface area contributed by atoms with Gasteiger partial charge in [0, 0.05) is 30.9 Å². The molecule has 0 unspecified atom stereocenters. The number of aryl methyl sites for hydroxylation is 2. The summed E-state index contributed by atoms with van der Waals surface area (Å²) < 4.78 is 5.98. The summed E-state index contributed by atoms with van der Waals surface area (Å²) in [5.74, 6) is 0.793. The van der Waals surface area contributed by atoms with E-state index >= 15 is 0 Å². The van der Waals surface area contributed by atoms with Gasteiger partial charge < -0.3 is 4.74 Å². The first-order chi connectivity index (χ1) is 12.7. The van der Waals surface area contributed by atoms with Crippen molar-refractivity contribution in [1.29, 1.82) is 0 Å². The van der Waals surface area contributed by atoms with Crippen LogP contribution in [0.5, 0.6) is 0 Å². The summed E-state index contributed by atoms with van der Waals surface area (Å²) in [6.45, 7) is 7.17. The normalized spacial score (nSPS) is 18.2. The van der Waals surface area contributed by atoms with Crippen molar-refractivity contribution in [3.8, 4) is 11.3 Å². The Hall–Kier alpha value is -2.57. The minimum atomic E-state index is -0.0174. The highest BCUT2D eigenvalue weighted by molar-refractivity contribution is 5.62. The fourth-order valence-electron chi connectivity index (χ4n) is 3.46. The number of aromatic nitrogens is 4. The van der Waals surface area contributed by atoms with Crippen LogP contribution in [0.25, 0.3) is 11.3 Å². The number of H-pyrrole nitrogens is 1. The van der Waals surface area contributed by atoms with Crippen LogP contribution >= 0.6 is 0 Å². The molecule has 0 amide bonds. The van der Waals surface area contributed by atoms with Crippen molar-refractivity contribution in [3.63, 3.8) is 0 Å². The van der Waals surface area contributed by atoms with E-state index in [1.165, 1.54) is 5.56 Å². The molecule has 134 valence electrons. The summed E-state index contributed by atoms with van der Waals surface area (Å²) >= 11 is 0. The second kappa shape index (κ2) is 7.35. The highest BCUT2D eigenvalue weighted by atomic mass is 16.5. The number of nitrogens with zero attached hydrogens (tertiary/aromatic N) is 4. The molecule has 6 nitrogen and oxygen atoms in total. The number of hydrogen-bond donors (Lipinski definition) is 1. The Bertz CT molecular complexity index is 857. The average molecular weight is 349 g/mol. The third-order valence-corrected chi connectivity index (χ3v) is 4.64. The van der Waals surface area contributed by atoms with Crippen molar-refractivity contribution in [2.24, 2.45) is 0 Å². The molecule has 1 aliphatic heterocycles. The van der Waals surface area contributed by atoms with Gasteiger partial charge in [-0.05, 0) is 25.5 Å². The average Bonchev–Trinajstić information content (AvgIpc) is 3.10. The number of morpholine rings is 1. The standard InChI is InChI=1S/C20H23N5O/c1-14-10-18(23-15(2)22-14)19-13-25(8-9-26-19)12-17-11-21-24-20(17)16-6-4-3-5-7-16/h3-7,10-11,19H,8-9,12-13H2,1-2H3,(H,21,24)/t19-/m0/s1. The Morgan fingerprint density at radius 1 is 1.19 bits per heavy atom. The molecule has 1 N–H and O–H groups in total. The Kier molecular flexibility index (Phi) is 4.77. The second-order valence-electron chi connectivity index (χ2n) is 6.71. The molecule has 1 saturated heterocycles. The van der Waals surface area contributed by atoms with Gasteiger partial charge in [-0.15, -0.1) is 0 Å². The SMILES string of the molecule is Cc1cc([C@@H]2CN(Cc3cn[nH]c3-c3ccccc3)CCO2)nc(C)n1. The summed E-state index contributed by atoms with van der Waals surface area (Å²) in [6.07, 6.45) is 1.91. The van der Waals surface area contributed by atoms with E-state index in [0.29, 0.717) is 6.61 Å². The first-order valence-electron chi connectivity index (χ1n) is 8.93. The zero-order valence-electron chi connectivity index (χ0n) is 15.1. The zero-order valence-corrected chi connectivity index (χ0v) is 15.1. The lowest BCUT2D eigenvalue weighted by molar-refractivity contribution is -0.0351. The maximum absolute atomic E-state index is 5.98. The van der Waals surface area contributed by atoms with Crippen LogP contribution in [0.1, 0.15) is 28.9 Å². The van der Waals surface area contributed by atoms with E-state index in [9.17, 15) is 0 Å². The smallest absolute Gasteiger partial charge is 0.125 e. The van der Waals surface area contributed by atoms with Gasteiger partial charge in [0.1, 0.15) is 11.9 Å². The molecule has 0 bridgehead atoms. The van der Waals surface area contributed by atoms with Crippen LogP contribution in [0.2, 0.25) is 0 Å². The monoisotopic (exact) mass is 349 g/mol. The molecule has 0 spiro atoms. The van der Waals surface area contributed by atoms with Gasteiger partial charge in [-0.1, -0.05) is 30.3 Å². The van der Waals surface area contributed by atoms with Gasteiger partial charge in [0.2, 0.25) is 0 Å². The van der Waals surface area contributed by atoms with Gasteiger partial charge in [0.05, 0.1) is 24.2 Å². The van der Waals surface area contributed by atoms with E-state index < -0.39 is 0 Å². The quantitative estimate of drug-likeness (QED) is 0.784. The van der Waals surface area contributed by atoms with Gasteiger partial charge in [0.15, 0.2) is 0 Å². The molecule has 2 aromatic heterocycles. The third kappa shape index (κ3) is 3.66. The van der Waals surface area contributed by atoms with Gasteiger partial charge in [-0.25, -0.2) is 9.97 Å². The highest BCUT2D eigenvalue weighted by Crippen LogP contribution is 2.26. The molecule has 0 aliphatic carbocycles. The van der Waals surface area contributed by atoms with Crippen molar-refractivity contribution in [3.05, 3.63) is 65.4 Å². The summed E-state index contributed by atoms with van der Waals surface area (Å²) in [6, 6.07) is 12.3. The fourth-order valence-corrected chi connectivity index (χ4v) is 3.46. The topological polar surface area (TPSA) is 66.9 Å². The van der Waals surface area contributed by atoms with Crippen molar-refractivity contribution in [2.75, 3.05) is 19.7 Å². The molecular weight excluding hydrogens is 326 g/mol. The van der Waals surface area contributed by atoms with E-state index in [2.05, 4.69) is 37.2 Å². The lowest BCUT2D eigenvalue weighted by Gasteiger charge is -2.32. The maximum atomic E-state index is 5.98. The fraction of sp³-hybridized carbons (Fsp3) is 0.350. The molecule has 1 aromatic carbocycles. The summed E-state index contributed by atoms with van der Waals surface area (Å²) in [5, 5.41) is 7.40. The van der Waals surface area contributed by atoms with Gasteiger partial charge >= 0.3 is 0 Å². The Morgan fingerprint density at radius 3 is 2.85 bits per heavy atom. The number of aromatic amines is 1.